The Morgan fingerprint density at radius 1 is 1.41 bits per heavy atom. The van der Waals surface area contributed by atoms with Crippen molar-refractivity contribution in [2.24, 2.45) is 0 Å². The average molecular weight is 306 g/mol. The van der Waals surface area contributed by atoms with Crippen molar-refractivity contribution < 1.29 is 4.74 Å². The number of nitrogen functional groups attached to an aromatic ring is 1. The summed E-state index contributed by atoms with van der Waals surface area (Å²) in [5.41, 5.74) is 6.66. The second-order valence-electron chi connectivity index (χ2n) is 6.09. The largest absolute Gasteiger partial charge is 0.374 e. The van der Waals surface area contributed by atoms with E-state index in [9.17, 15) is 0 Å². The highest BCUT2D eigenvalue weighted by molar-refractivity contribution is 5.43. The van der Waals surface area contributed by atoms with Crippen LogP contribution in [0.4, 0.5) is 11.8 Å². The second-order valence-corrected chi connectivity index (χ2v) is 6.09. The molecule has 1 aromatic rings. The number of piperidine rings is 1. The third-order valence-corrected chi connectivity index (χ3v) is 4.32. The van der Waals surface area contributed by atoms with Gasteiger partial charge in [-0.1, -0.05) is 0 Å². The van der Waals surface area contributed by atoms with Crippen LogP contribution < -0.4 is 21.3 Å². The predicted molar refractivity (Wildman–Crippen MR) is 87.0 cm³/mol. The number of anilines is 2. The molecule has 122 valence electrons. The first-order valence-electron chi connectivity index (χ1n) is 8.12. The summed E-state index contributed by atoms with van der Waals surface area (Å²) in [5.74, 6) is 1.31. The maximum Gasteiger partial charge on any atom is 0.222 e. The number of rotatable bonds is 4. The molecule has 0 aliphatic carbocycles. The zero-order valence-electron chi connectivity index (χ0n) is 13.2. The average Bonchev–Trinajstić information content (AvgIpc) is 2.53. The Bertz CT molecular complexity index is 463. The lowest BCUT2D eigenvalue weighted by atomic mass is 10.0. The molecule has 4 N–H and O–H groups in total. The van der Waals surface area contributed by atoms with Crippen molar-refractivity contribution >= 4 is 11.8 Å². The fourth-order valence-electron chi connectivity index (χ4n) is 3.10. The van der Waals surface area contributed by atoms with Crippen LogP contribution in [-0.4, -0.2) is 61.4 Å². The molecule has 0 amide bonds. The van der Waals surface area contributed by atoms with Gasteiger partial charge in [-0.25, -0.2) is 4.98 Å². The molecule has 0 saturated carbocycles. The Kier molecular flexibility index (Phi) is 5.07. The van der Waals surface area contributed by atoms with E-state index in [0.29, 0.717) is 18.1 Å². The Morgan fingerprint density at radius 3 is 2.91 bits per heavy atom. The Hall–Kier alpha value is -1.44. The SMILES string of the molecule is Cc1cc(N2CCC(NC[C@H]3CNCCO3)CC2)nc(N)n1. The molecule has 2 aliphatic heterocycles. The van der Waals surface area contributed by atoms with Crippen LogP contribution in [0.2, 0.25) is 0 Å². The quantitative estimate of drug-likeness (QED) is 0.716. The second kappa shape index (κ2) is 7.21. The minimum atomic E-state index is 0.302. The van der Waals surface area contributed by atoms with Crippen molar-refractivity contribution in [3.63, 3.8) is 0 Å². The number of hydrogen-bond donors (Lipinski definition) is 3. The van der Waals surface area contributed by atoms with Gasteiger partial charge in [-0.3, -0.25) is 0 Å². The molecule has 0 radical (unpaired) electrons. The van der Waals surface area contributed by atoms with Gasteiger partial charge in [-0.15, -0.1) is 0 Å². The summed E-state index contributed by atoms with van der Waals surface area (Å²) in [5, 5.41) is 7.00. The van der Waals surface area contributed by atoms with Crippen molar-refractivity contribution in [3.05, 3.63) is 11.8 Å². The molecular formula is C15H26N6O. The molecule has 1 aromatic heterocycles. The lowest BCUT2D eigenvalue weighted by Crippen LogP contribution is -2.49. The van der Waals surface area contributed by atoms with E-state index in [2.05, 4.69) is 25.5 Å². The van der Waals surface area contributed by atoms with Crippen LogP contribution in [0.15, 0.2) is 6.07 Å². The van der Waals surface area contributed by atoms with Gasteiger partial charge in [0.15, 0.2) is 0 Å². The fourth-order valence-corrected chi connectivity index (χ4v) is 3.10. The number of nitrogens with zero attached hydrogens (tertiary/aromatic N) is 3. The van der Waals surface area contributed by atoms with E-state index in [1.807, 2.05) is 13.0 Å². The number of aryl methyl sites for hydroxylation is 1. The van der Waals surface area contributed by atoms with E-state index in [1.165, 1.54) is 0 Å². The molecule has 2 aliphatic rings. The van der Waals surface area contributed by atoms with Crippen molar-refractivity contribution in [3.8, 4) is 0 Å². The number of nitrogens with one attached hydrogen (secondary N) is 2. The molecule has 1 atom stereocenters. The van der Waals surface area contributed by atoms with Gasteiger partial charge in [-0.05, 0) is 19.8 Å². The lowest BCUT2D eigenvalue weighted by Gasteiger charge is -2.34. The van der Waals surface area contributed by atoms with Gasteiger partial charge in [0.1, 0.15) is 5.82 Å². The maximum absolute atomic E-state index is 5.74. The maximum atomic E-state index is 5.74. The summed E-state index contributed by atoms with van der Waals surface area (Å²) in [6.45, 7) is 7.61. The molecule has 0 spiro atoms. The first-order valence-corrected chi connectivity index (χ1v) is 8.12. The standard InChI is InChI=1S/C15H26N6O/c1-11-8-14(20-15(16)19-11)21-5-2-12(3-6-21)18-10-13-9-17-4-7-22-13/h8,12-13,17-18H,2-7,9-10H2,1H3,(H2,16,19,20)/t13-/m1/s1. The summed E-state index contributed by atoms with van der Waals surface area (Å²) in [6, 6.07) is 2.56. The van der Waals surface area contributed by atoms with Gasteiger partial charge in [0.2, 0.25) is 5.95 Å². The summed E-state index contributed by atoms with van der Waals surface area (Å²) in [4.78, 5) is 10.8. The zero-order valence-corrected chi connectivity index (χ0v) is 13.2. The highest BCUT2D eigenvalue weighted by Crippen LogP contribution is 2.19. The Balaban J connectivity index is 1.45. The van der Waals surface area contributed by atoms with Crippen molar-refractivity contribution in [1.82, 2.24) is 20.6 Å². The van der Waals surface area contributed by atoms with Gasteiger partial charge < -0.3 is 26.0 Å². The van der Waals surface area contributed by atoms with Crippen molar-refractivity contribution in [1.29, 1.82) is 0 Å². The zero-order chi connectivity index (χ0) is 15.4. The van der Waals surface area contributed by atoms with Gasteiger partial charge in [0.25, 0.3) is 0 Å². The molecule has 22 heavy (non-hydrogen) atoms. The number of nitrogens with two attached hydrogens (primary N) is 1. The number of hydrogen-bond acceptors (Lipinski definition) is 7. The van der Waals surface area contributed by atoms with Crippen LogP contribution in [-0.2, 0) is 4.74 Å². The molecule has 0 bridgehead atoms. The van der Waals surface area contributed by atoms with Gasteiger partial charge in [0, 0.05) is 50.5 Å². The van der Waals surface area contributed by atoms with E-state index in [-0.39, 0.29) is 0 Å². The van der Waals surface area contributed by atoms with Crippen LogP contribution in [0.25, 0.3) is 0 Å². The number of morpholine rings is 1. The van der Waals surface area contributed by atoms with Gasteiger partial charge in [0.05, 0.1) is 12.7 Å². The first kappa shape index (κ1) is 15.5. The third kappa shape index (κ3) is 4.06. The molecule has 0 aromatic carbocycles. The molecule has 3 rings (SSSR count). The van der Waals surface area contributed by atoms with Crippen molar-refractivity contribution in [2.45, 2.75) is 31.9 Å². The summed E-state index contributed by atoms with van der Waals surface area (Å²) >= 11 is 0. The van der Waals surface area contributed by atoms with Crippen LogP contribution >= 0.6 is 0 Å². The molecule has 2 fully saturated rings. The van der Waals surface area contributed by atoms with Crippen LogP contribution in [0.3, 0.4) is 0 Å². The first-order chi connectivity index (χ1) is 10.7. The minimum Gasteiger partial charge on any atom is -0.374 e. The highest BCUT2D eigenvalue weighted by atomic mass is 16.5. The topological polar surface area (TPSA) is 88.3 Å². The highest BCUT2D eigenvalue weighted by Gasteiger charge is 2.22. The lowest BCUT2D eigenvalue weighted by molar-refractivity contribution is 0.0271. The Morgan fingerprint density at radius 2 is 2.23 bits per heavy atom. The van der Waals surface area contributed by atoms with E-state index in [4.69, 9.17) is 10.5 Å². The Labute approximate surface area is 131 Å². The fraction of sp³-hybridized carbons (Fsp3) is 0.733. The number of aromatic nitrogens is 2. The monoisotopic (exact) mass is 306 g/mol. The molecule has 2 saturated heterocycles. The number of ether oxygens (including phenoxy) is 1. The van der Waals surface area contributed by atoms with Crippen LogP contribution in [0, 0.1) is 6.92 Å². The normalized spacial score (nSPS) is 23.7. The van der Waals surface area contributed by atoms with E-state index < -0.39 is 0 Å². The van der Waals surface area contributed by atoms with Crippen LogP contribution in [0.1, 0.15) is 18.5 Å². The molecule has 0 unspecified atom stereocenters. The molecule has 3 heterocycles. The molecule has 7 nitrogen and oxygen atoms in total. The van der Waals surface area contributed by atoms with Crippen molar-refractivity contribution in [2.75, 3.05) is 50.0 Å². The van der Waals surface area contributed by atoms with Gasteiger partial charge in [-0.2, -0.15) is 4.98 Å². The van der Waals surface area contributed by atoms with E-state index in [0.717, 1.165) is 63.7 Å². The minimum absolute atomic E-state index is 0.302. The molecular weight excluding hydrogens is 280 g/mol. The summed E-state index contributed by atoms with van der Waals surface area (Å²) < 4.78 is 5.72. The van der Waals surface area contributed by atoms with E-state index in [1.54, 1.807) is 0 Å². The molecule has 7 heteroatoms. The van der Waals surface area contributed by atoms with E-state index >= 15 is 0 Å². The van der Waals surface area contributed by atoms with Crippen LogP contribution in [0.5, 0.6) is 0 Å². The smallest absolute Gasteiger partial charge is 0.222 e. The summed E-state index contributed by atoms with van der Waals surface area (Å²) in [7, 11) is 0. The van der Waals surface area contributed by atoms with Gasteiger partial charge >= 0.3 is 0 Å². The third-order valence-electron chi connectivity index (χ3n) is 4.32. The predicted octanol–water partition coefficient (Wildman–Crippen LogP) is -0.0860. The summed E-state index contributed by atoms with van der Waals surface area (Å²) in [6.07, 6.45) is 2.53.